The number of nitrogens with two attached hydrogens (primary N) is 1. The Morgan fingerprint density at radius 3 is 2.67 bits per heavy atom. The molecular formula is C20H27N5O4S. The molecule has 1 aliphatic rings. The van der Waals surface area contributed by atoms with Crippen LogP contribution < -0.4 is 15.8 Å². The second-order valence-corrected chi connectivity index (χ2v) is 8.79. The Morgan fingerprint density at radius 2 is 2.00 bits per heavy atom. The molecule has 1 aliphatic heterocycles. The van der Waals surface area contributed by atoms with Crippen molar-refractivity contribution < 1.29 is 17.9 Å². The maximum absolute atomic E-state index is 12.9. The molecule has 1 aromatic carbocycles. The smallest absolute Gasteiger partial charge is 0.282 e. The van der Waals surface area contributed by atoms with Crippen molar-refractivity contribution in [1.29, 1.82) is 0 Å². The lowest BCUT2D eigenvalue weighted by Crippen LogP contribution is -2.46. The van der Waals surface area contributed by atoms with E-state index in [9.17, 15) is 13.2 Å². The number of carbonyl (C=O) groups excluding carboxylic acids is 1. The molecule has 3 rings (SSSR count). The van der Waals surface area contributed by atoms with Crippen LogP contribution in [-0.4, -0.2) is 54.7 Å². The summed E-state index contributed by atoms with van der Waals surface area (Å²) in [6.45, 7) is 4.88. The molecule has 30 heavy (non-hydrogen) atoms. The molecule has 0 fully saturated rings. The number of rotatable bonds is 7. The van der Waals surface area contributed by atoms with Crippen molar-refractivity contribution in [1.82, 2.24) is 13.6 Å². The minimum absolute atomic E-state index is 0.112. The van der Waals surface area contributed by atoms with Crippen LogP contribution in [0.5, 0.6) is 5.75 Å². The number of para-hydroxylation sites is 2. The maximum atomic E-state index is 12.9. The molecule has 0 aliphatic carbocycles. The zero-order valence-corrected chi connectivity index (χ0v) is 18.2. The molecule has 0 bridgehead atoms. The second-order valence-electron chi connectivity index (χ2n) is 6.86. The molecule has 0 unspecified atom stereocenters. The summed E-state index contributed by atoms with van der Waals surface area (Å²) < 4.78 is 33.8. The van der Waals surface area contributed by atoms with Crippen molar-refractivity contribution >= 4 is 27.6 Å². The summed E-state index contributed by atoms with van der Waals surface area (Å²) in [5.74, 6) is 0.198. The third kappa shape index (κ3) is 4.25. The number of amides is 1. The summed E-state index contributed by atoms with van der Waals surface area (Å²) in [6.07, 6.45) is 0.439. The zero-order valence-electron chi connectivity index (χ0n) is 17.4. The van der Waals surface area contributed by atoms with Crippen LogP contribution in [0.3, 0.4) is 0 Å². The topological polar surface area (TPSA) is 118 Å². The van der Waals surface area contributed by atoms with E-state index in [0.29, 0.717) is 48.7 Å². The van der Waals surface area contributed by atoms with Gasteiger partial charge >= 0.3 is 0 Å². The standard InChI is InChI=1S/C20H27N5O4S/c1-4-24(5-2)30(27,28)25-11-10-16-14(13-25)12-15(19(21)22-16)20(26)23-17-8-6-7-9-18(17)29-3/h6-9,12H,4-5,10-11,13H2,1-3H3,(H2,21,22)(H,23,26). The molecule has 162 valence electrons. The predicted molar refractivity (Wildman–Crippen MR) is 116 cm³/mol. The van der Waals surface area contributed by atoms with E-state index in [1.165, 1.54) is 15.7 Å². The molecule has 10 heteroatoms. The lowest BCUT2D eigenvalue weighted by atomic mass is 10.0. The van der Waals surface area contributed by atoms with E-state index in [1.54, 1.807) is 30.3 Å². The number of hydrogen-bond donors (Lipinski definition) is 2. The number of fused-ring (bicyclic) bond motifs is 1. The summed E-state index contributed by atoms with van der Waals surface area (Å²) >= 11 is 0. The number of aromatic nitrogens is 1. The molecule has 0 spiro atoms. The quantitative estimate of drug-likeness (QED) is 0.688. The highest BCUT2D eigenvalue weighted by atomic mass is 32.2. The van der Waals surface area contributed by atoms with Gasteiger partial charge < -0.3 is 15.8 Å². The Labute approximate surface area is 177 Å². The van der Waals surface area contributed by atoms with Crippen molar-refractivity contribution in [2.24, 2.45) is 0 Å². The van der Waals surface area contributed by atoms with E-state index in [4.69, 9.17) is 10.5 Å². The fourth-order valence-electron chi connectivity index (χ4n) is 3.49. The molecule has 0 saturated heterocycles. The average Bonchev–Trinajstić information content (AvgIpc) is 2.73. The summed E-state index contributed by atoms with van der Waals surface area (Å²) in [5, 5.41) is 2.78. The van der Waals surface area contributed by atoms with Crippen LogP contribution in [0.2, 0.25) is 0 Å². The first kappa shape index (κ1) is 22.0. The van der Waals surface area contributed by atoms with Crippen molar-refractivity contribution in [2.75, 3.05) is 37.8 Å². The van der Waals surface area contributed by atoms with Crippen LogP contribution in [0.25, 0.3) is 0 Å². The number of pyridine rings is 1. The monoisotopic (exact) mass is 433 g/mol. The molecular weight excluding hydrogens is 406 g/mol. The second kappa shape index (κ2) is 8.99. The van der Waals surface area contributed by atoms with Crippen molar-refractivity contribution in [3.63, 3.8) is 0 Å². The average molecular weight is 434 g/mol. The van der Waals surface area contributed by atoms with Gasteiger partial charge in [-0.05, 0) is 23.8 Å². The van der Waals surface area contributed by atoms with Crippen LogP contribution in [0.1, 0.15) is 35.5 Å². The maximum Gasteiger partial charge on any atom is 0.282 e. The Balaban J connectivity index is 1.88. The van der Waals surface area contributed by atoms with Crippen molar-refractivity contribution in [3.8, 4) is 5.75 Å². The van der Waals surface area contributed by atoms with E-state index in [1.807, 2.05) is 13.8 Å². The Kier molecular flexibility index (Phi) is 6.59. The lowest BCUT2D eigenvalue weighted by Gasteiger charge is -2.32. The predicted octanol–water partition coefficient (Wildman–Crippen LogP) is 1.87. The van der Waals surface area contributed by atoms with Crippen molar-refractivity contribution in [2.45, 2.75) is 26.8 Å². The number of benzene rings is 1. The number of nitrogen functional groups attached to an aromatic ring is 1. The van der Waals surface area contributed by atoms with Crippen LogP contribution in [0.15, 0.2) is 30.3 Å². The van der Waals surface area contributed by atoms with Gasteiger partial charge in [-0.3, -0.25) is 4.79 Å². The summed E-state index contributed by atoms with van der Waals surface area (Å²) in [6, 6.07) is 8.67. The van der Waals surface area contributed by atoms with Gasteiger partial charge in [-0.1, -0.05) is 26.0 Å². The van der Waals surface area contributed by atoms with Gasteiger partial charge in [0.2, 0.25) is 0 Å². The van der Waals surface area contributed by atoms with Gasteiger partial charge in [-0.2, -0.15) is 17.0 Å². The third-order valence-electron chi connectivity index (χ3n) is 5.12. The molecule has 1 aromatic heterocycles. The summed E-state index contributed by atoms with van der Waals surface area (Å²) in [4.78, 5) is 17.2. The van der Waals surface area contributed by atoms with Gasteiger partial charge in [0.25, 0.3) is 16.1 Å². The molecule has 9 nitrogen and oxygen atoms in total. The van der Waals surface area contributed by atoms with Crippen LogP contribution in [0, 0.1) is 0 Å². The van der Waals surface area contributed by atoms with Gasteiger partial charge in [-0.15, -0.1) is 0 Å². The van der Waals surface area contributed by atoms with Gasteiger partial charge in [0.1, 0.15) is 11.6 Å². The number of nitrogens with zero attached hydrogens (tertiary/aromatic N) is 3. The normalized spacial score (nSPS) is 14.4. The molecule has 0 radical (unpaired) electrons. The van der Waals surface area contributed by atoms with Crippen LogP contribution in [-0.2, 0) is 23.2 Å². The fourth-order valence-corrected chi connectivity index (χ4v) is 5.09. The molecule has 0 atom stereocenters. The largest absolute Gasteiger partial charge is 0.495 e. The zero-order chi connectivity index (χ0) is 21.9. The molecule has 3 N–H and O–H groups in total. The van der Waals surface area contributed by atoms with E-state index in [-0.39, 0.29) is 17.9 Å². The van der Waals surface area contributed by atoms with E-state index >= 15 is 0 Å². The Hall–Kier alpha value is -2.69. The SMILES string of the molecule is CCN(CC)S(=O)(=O)N1CCc2nc(N)c(C(=O)Nc3ccccc3OC)cc2C1. The number of methoxy groups -OCH3 is 1. The van der Waals surface area contributed by atoms with Crippen molar-refractivity contribution in [3.05, 3.63) is 47.2 Å². The number of nitrogens with one attached hydrogen (secondary N) is 1. The molecule has 2 aromatic rings. The van der Waals surface area contributed by atoms with Gasteiger partial charge in [-0.25, -0.2) is 4.98 Å². The minimum Gasteiger partial charge on any atom is -0.495 e. The molecule has 1 amide bonds. The van der Waals surface area contributed by atoms with E-state index in [2.05, 4.69) is 10.3 Å². The summed E-state index contributed by atoms with van der Waals surface area (Å²) in [5.41, 5.74) is 8.13. The van der Waals surface area contributed by atoms with Gasteiger partial charge in [0.05, 0.1) is 18.4 Å². The van der Waals surface area contributed by atoms with E-state index < -0.39 is 16.1 Å². The first-order valence-electron chi connectivity index (χ1n) is 9.79. The number of carbonyl (C=O) groups is 1. The number of ether oxygens (including phenoxy) is 1. The Bertz CT molecular complexity index is 1040. The summed E-state index contributed by atoms with van der Waals surface area (Å²) in [7, 11) is -2.06. The molecule has 0 saturated carbocycles. The highest BCUT2D eigenvalue weighted by Crippen LogP contribution is 2.27. The van der Waals surface area contributed by atoms with Crippen LogP contribution in [0.4, 0.5) is 11.5 Å². The first-order chi connectivity index (χ1) is 14.3. The van der Waals surface area contributed by atoms with Gasteiger partial charge in [0.15, 0.2) is 0 Å². The fraction of sp³-hybridized carbons (Fsp3) is 0.400. The Morgan fingerprint density at radius 1 is 1.30 bits per heavy atom. The lowest BCUT2D eigenvalue weighted by molar-refractivity contribution is 0.102. The van der Waals surface area contributed by atoms with Crippen LogP contribution >= 0.6 is 0 Å². The highest BCUT2D eigenvalue weighted by molar-refractivity contribution is 7.86. The number of hydrogen-bond acceptors (Lipinski definition) is 6. The first-order valence-corrected chi connectivity index (χ1v) is 11.2. The highest BCUT2D eigenvalue weighted by Gasteiger charge is 2.32. The van der Waals surface area contributed by atoms with Gasteiger partial charge in [0, 0.05) is 38.3 Å². The minimum atomic E-state index is -3.58. The molecule has 2 heterocycles. The number of anilines is 2. The third-order valence-corrected chi connectivity index (χ3v) is 7.26. The van der Waals surface area contributed by atoms with E-state index in [0.717, 1.165) is 0 Å².